The molecule has 0 aromatic rings. The van der Waals surface area contributed by atoms with Crippen LogP contribution in [-0.2, 0) is 28.6 Å². The van der Waals surface area contributed by atoms with Gasteiger partial charge in [0, 0.05) is 19.3 Å². The van der Waals surface area contributed by atoms with E-state index in [1.807, 2.05) is 0 Å². The summed E-state index contributed by atoms with van der Waals surface area (Å²) in [6.07, 6.45) is 46.4. The quantitative estimate of drug-likeness (QED) is 0.0346. The molecule has 0 fully saturated rings. The Hall–Kier alpha value is -1.59. The highest BCUT2D eigenvalue weighted by atomic mass is 16.6. The minimum absolute atomic E-state index is 0.0629. The molecule has 0 aromatic carbocycles. The maximum Gasteiger partial charge on any atom is 0.306 e. The van der Waals surface area contributed by atoms with E-state index in [1.165, 1.54) is 180 Å². The fourth-order valence-electron chi connectivity index (χ4n) is 7.66. The normalized spacial score (nSPS) is 12.4. The number of unbranched alkanes of at least 4 members (excludes halogenated alkanes) is 32. The minimum Gasteiger partial charge on any atom is -0.462 e. The number of carbonyl (C=O) groups is 3. The Bertz CT molecular complexity index is 859. The minimum atomic E-state index is -0.760. The highest BCUT2D eigenvalue weighted by Crippen LogP contribution is 2.17. The average molecular weight is 807 g/mol. The van der Waals surface area contributed by atoms with Crippen molar-refractivity contribution in [2.24, 2.45) is 5.92 Å². The lowest BCUT2D eigenvalue weighted by Gasteiger charge is -2.18. The Morgan fingerprint density at radius 3 is 0.912 bits per heavy atom. The molecule has 0 saturated carbocycles. The van der Waals surface area contributed by atoms with Crippen LogP contribution in [0.2, 0.25) is 0 Å². The molecule has 0 aliphatic heterocycles. The molecule has 0 N–H and O–H groups in total. The van der Waals surface area contributed by atoms with E-state index in [9.17, 15) is 14.4 Å². The van der Waals surface area contributed by atoms with Crippen LogP contribution in [0.3, 0.4) is 0 Å². The van der Waals surface area contributed by atoms with E-state index in [0.717, 1.165) is 63.7 Å². The van der Waals surface area contributed by atoms with Crippen LogP contribution < -0.4 is 0 Å². The Kier molecular flexibility index (Phi) is 44.2. The molecule has 0 radical (unpaired) electrons. The summed E-state index contributed by atoms with van der Waals surface area (Å²) in [4.78, 5) is 37.9. The second-order valence-electron chi connectivity index (χ2n) is 17.7. The first-order valence-electron chi connectivity index (χ1n) is 25.4. The predicted molar refractivity (Wildman–Crippen MR) is 243 cm³/mol. The van der Waals surface area contributed by atoms with Crippen molar-refractivity contribution in [2.75, 3.05) is 13.2 Å². The highest BCUT2D eigenvalue weighted by molar-refractivity contribution is 5.71. The van der Waals surface area contributed by atoms with Gasteiger partial charge in [0.2, 0.25) is 0 Å². The van der Waals surface area contributed by atoms with E-state index in [0.29, 0.717) is 19.3 Å². The van der Waals surface area contributed by atoms with Crippen molar-refractivity contribution in [3.05, 3.63) is 0 Å². The maximum atomic E-state index is 12.8. The smallest absolute Gasteiger partial charge is 0.306 e. The molecular formula is C51H98O6. The third-order valence-electron chi connectivity index (χ3n) is 11.9. The Morgan fingerprint density at radius 1 is 0.351 bits per heavy atom. The van der Waals surface area contributed by atoms with Crippen LogP contribution >= 0.6 is 0 Å². The predicted octanol–water partition coefficient (Wildman–Crippen LogP) is 16.3. The molecule has 338 valence electrons. The van der Waals surface area contributed by atoms with Gasteiger partial charge in [-0.05, 0) is 25.2 Å². The largest absolute Gasteiger partial charge is 0.462 e. The van der Waals surface area contributed by atoms with Crippen LogP contribution in [0.4, 0.5) is 0 Å². The van der Waals surface area contributed by atoms with Crippen molar-refractivity contribution in [3.63, 3.8) is 0 Å². The molecule has 0 aliphatic carbocycles. The fourth-order valence-corrected chi connectivity index (χ4v) is 7.66. The number of carbonyl (C=O) groups excluding carboxylic acids is 3. The van der Waals surface area contributed by atoms with Crippen molar-refractivity contribution in [3.8, 4) is 0 Å². The third-order valence-corrected chi connectivity index (χ3v) is 11.9. The Morgan fingerprint density at radius 2 is 0.614 bits per heavy atom. The van der Waals surface area contributed by atoms with Gasteiger partial charge in [-0.25, -0.2) is 0 Å². The third kappa shape index (κ3) is 43.8. The van der Waals surface area contributed by atoms with Crippen LogP contribution in [0, 0.1) is 5.92 Å². The van der Waals surface area contributed by atoms with Gasteiger partial charge in [0.15, 0.2) is 6.10 Å². The standard InChI is InChI=1S/C51H98O6/c1-5-8-10-12-14-16-18-20-22-28-32-36-40-44-51(54)57-48(45-55-49(52)42-38-34-30-26-21-19-17-15-13-11-9-6-2)46-56-50(53)43-39-35-31-27-24-23-25-29-33-37-41-47(4)7-3/h47-48H,5-46H2,1-4H3/t47?,48-/m1/s1. The molecule has 1 unspecified atom stereocenters. The lowest BCUT2D eigenvalue weighted by Crippen LogP contribution is -2.30. The van der Waals surface area contributed by atoms with Crippen molar-refractivity contribution >= 4 is 17.9 Å². The zero-order valence-corrected chi connectivity index (χ0v) is 38.8. The van der Waals surface area contributed by atoms with Gasteiger partial charge in [0.05, 0.1) is 0 Å². The van der Waals surface area contributed by atoms with E-state index >= 15 is 0 Å². The molecule has 0 spiro atoms. The van der Waals surface area contributed by atoms with Gasteiger partial charge in [0.25, 0.3) is 0 Å². The molecule has 6 nitrogen and oxygen atoms in total. The molecule has 0 aromatic heterocycles. The van der Waals surface area contributed by atoms with Crippen molar-refractivity contribution < 1.29 is 28.6 Å². The molecule has 0 aliphatic rings. The van der Waals surface area contributed by atoms with Crippen LogP contribution in [0.15, 0.2) is 0 Å². The van der Waals surface area contributed by atoms with Crippen LogP contribution in [-0.4, -0.2) is 37.2 Å². The van der Waals surface area contributed by atoms with Gasteiger partial charge in [0.1, 0.15) is 13.2 Å². The van der Waals surface area contributed by atoms with Gasteiger partial charge in [-0.1, -0.05) is 246 Å². The summed E-state index contributed by atoms with van der Waals surface area (Å²) in [5.41, 5.74) is 0. The SMILES string of the molecule is CCCCCCCCCCCCCCCC(=O)O[C@H](COC(=O)CCCCCCCCCCCCCC)COC(=O)CCCCCCCCCCCCC(C)CC. The van der Waals surface area contributed by atoms with Gasteiger partial charge in [-0.2, -0.15) is 0 Å². The van der Waals surface area contributed by atoms with Gasteiger partial charge >= 0.3 is 17.9 Å². The van der Waals surface area contributed by atoms with Crippen LogP contribution in [0.1, 0.15) is 285 Å². The van der Waals surface area contributed by atoms with E-state index < -0.39 is 6.10 Å². The van der Waals surface area contributed by atoms with Crippen LogP contribution in [0.25, 0.3) is 0 Å². The first-order valence-corrected chi connectivity index (χ1v) is 25.4. The van der Waals surface area contributed by atoms with Crippen molar-refractivity contribution in [1.82, 2.24) is 0 Å². The second-order valence-corrected chi connectivity index (χ2v) is 17.7. The number of hydrogen-bond acceptors (Lipinski definition) is 6. The molecule has 6 heteroatoms. The number of rotatable bonds is 46. The van der Waals surface area contributed by atoms with Gasteiger partial charge < -0.3 is 14.2 Å². The average Bonchev–Trinajstić information content (AvgIpc) is 3.21. The molecule has 0 heterocycles. The lowest BCUT2D eigenvalue weighted by molar-refractivity contribution is -0.167. The number of ether oxygens (including phenoxy) is 3. The van der Waals surface area contributed by atoms with E-state index in [4.69, 9.17) is 14.2 Å². The summed E-state index contributed by atoms with van der Waals surface area (Å²) in [5.74, 6) is 0.0239. The first-order chi connectivity index (χ1) is 27.9. The van der Waals surface area contributed by atoms with Crippen LogP contribution in [0.5, 0.6) is 0 Å². The fraction of sp³-hybridized carbons (Fsp3) is 0.941. The van der Waals surface area contributed by atoms with E-state index in [1.54, 1.807) is 0 Å². The molecule has 0 saturated heterocycles. The van der Waals surface area contributed by atoms with Gasteiger partial charge in [-0.3, -0.25) is 14.4 Å². The van der Waals surface area contributed by atoms with Gasteiger partial charge in [-0.15, -0.1) is 0 Å². The van der Waals surface area contributed by atoms with Crippen molar-refractivity contribution in [2.45, 2.75) is 291 Å². The zero-order valence-electron chi connectivity index (χ0n) is 38.8. The Labute approximate surface area is 355 Å². The summed E-state index contributed by atoms with van der Waals surface area (Å²) >= 11 is 0. The topological polar surface area (TPSA) is 78.9 Å². The number of hydrogen-bond donors (Lipinski definition) is 0. The summed E-state index contributed by atoms with van der Waals surface area (Å²) in [5, 5.41) is 0. The summed E-state index contributed by atoms with van der Waals surface area (Å²) in [7, 11) is 0. The summed E-state index contributed by atoms with van der Waals surface area (Å²) < 4.78 is 16.8. The molecule has 0 bridgehead atoms. The first kappa shape index (κ1) is 55.4. The number of esters is 3. The van der Waals surface area contributed by atoms with E-state index in [-0.39, 0.29) is 31.1 Å². The highest BCUT2D eigenvalue weighted by Gasteiger charge is 2.19. The van der Waals surface area contributed by atoms with Crippen molar-refractivity contribution in [1.29, 1.82) is 0 Å². The Balaban J connectivity index is 4.32. The zero-order chi connectivity index (χ0) is 41.7. The second kappa shape index (κ2) is 45.5. The van der Waals surface area contributed by atoms with E-state index in [2.05, 4.69) is 27.7 Å². The molecule has 2 atom stereocenters. The molecule has 0 amide bonds. The maximum absolute atomic E-state index is 12.8. The molecule has 57 heavy (non-hydrogen) atoms. The molecular weight excluding hydrogens is 709 g/mol. The lowest BCUT2D eigenvalue weighted by atomic mass is 9.99. The summed E-state index contributed by atoms with van der Waals surface area (Å²) in [6, 6.07) is 0. The monoisotopic (exact) mass is 807 g/mol. The summed E-state index contributed by atoms with van der Waals surface area (Å²) in [6.45, 7) is 9.04. The molecule has 0 rings (SSSR count).